The lowest BCUT2D eigenvalue weighted by molar-refractivity contribution is -0.119. The first-order valence-corrected chi connectivity index (χ1v) is 5.37. The van der Waals surface area contributed by atoms with Crippen LogP contribution in [0.2, 0.25) is 0 Å². The van der Waals surface area contributed by atoms with E-state index in [2.05, 4.69) is 12.2 Å². The molecule has 14 heavy (non-hydrogen) atoms. The highest BCUT2D eigenvalue weighted by Crippen LogP contribution is 2.73. The van der Waals surface area contributed by atoms with Gasteiger partial charge in [-0.05, 0) is 30.1 Å². The van der Waals surface area contributed by atoms with Gasteiger partial charge in [-0.1, -0.05) is 12.2 Å². The van der Waals surface area contributed by atoms with E-state index in [1.54, 1.807) is 0 Å². The highest BCUT2D eigenvalue weighted by molar-refractivity contribution is 5.96. The quantitative estimate of drug-likeness (QED) is 0.589. The number of hydrogen-bond donors (Lipinski definition) is 1. The Balaban J connectivity index is 1.90. The molecule has 0 radical (unpaired) electrons. The SMILES string of the molecule is O=C1C=C(O)C2C1C1C=CC2C12CC2. The van der Waals surface area contributed by atoms with Gasteiger partial charge in [-0.2, -0.15) is 0 Å². The van der Waals surface area contributed by atoms with E-state index >= 15 is 0 Å². The summed E-state index contributed by atoms with van der Waals surface area (Å²) in [7, 11) is 0. The zero-order valence-electron chi connectivity index (χ0n) is 7.81. The molecule has 4 rings (SSSR count). The van der Waals surface area contributed by atoms with E-state index in [0.717, 1.165) is 0 Å². The van der Waals surface area contributed by atoms with Crippen LogP contribution in [-0.2, 0) is 4.79 Å². The lowest BCUT2D eigenvalue weighted by atomic mass is 9.84. The predicted molar refractivity (Wildman–Crippen MR) is 50.5 cm³/mol. The van der Waals surface area contributed by atoms with E-state index in [4.69, 9.17) is 0 Å². The maximum absolute atomic E-state index is 11.7. The van der Waals surface area contributed by atoms with Gasteiger partial charge in [-0.3, -0.25) is 4.79 Å². The van der Waals surface area contributed by atoms with Gasteiger partial charge in [0.2, 0.25) is 0 Å². The number of carbonyl (C=O) groups excluding carboxylic acids is 1. The second-order valence-corrected chi connectivity index (χ2v) is 5.19. The van der Waals surface area contributed by atoms with Crippen LogP contribution in [0.25, 0.3) is 0 Å². The van der Waals surface area contributed by atoms with Crippen molar-refractivity contribution in [2.75, 3.05) is 0 Å². The van der Waals surface area contributed by atoms with Crippen LogP contribution in [-0.4, -0.2) is 10.9 Å². The molecule has 1 spiro atoms. The zero-order valence-corrected chi connectivity index (χ0v) is 7.81. The highest BCUT2D eigenvalue weighted by atomic mass is 16.3. The molecule has 0 amide bonds. The molecule has 0 aromatic heterocycles. The first kappa shape index (κ1) is 7.27. The fourth-order valence-electron chi connectivity index (χ4n) is 4.12. The second-order valence-electron chi connectivity index (χ2n) is 5.19. The van der Waals surface area contributed by atoms with Crippen LogP contribution in [0.1, 0.15) is 12.8 Å². The Bertz CT molecular complexity index is 401. The molecule has 4 aliphatic rings. The summed E-state index contributed by atoms with van der Waals surface area (Å²) in [5.41, 5.74) is 0.396. The molecule has 2 saturated carbocycles. The standard InChI is InChI=1S/C12H12O2/c13-8-5-9(14)11-7-2-1-6(10(8)11)12(7)3-4-12/h1-2,5-7,10-11,13H,3-4H2. The van der Waals surface area contributed by atoms with Crippen LogP contribution in [0.15, 0.2) is 24.0 Å². The number of hydrogen-bond acceptors (Lipinski definition) is 2. The average Bonchev–Trinajstić information content (AvgIpc) is 2.72. The van der Waals surface area contributed by atoms with Gasteiger partial charge in [-0.15, -0.1) is 0 Å². The van der Waals surface area contributed by atoms with Gasteiger partial charge in [0.1, 0.15) is 5.76 Å². The summed E-state index contributed by atoms with van der Waals surface area (Å²) in [6.45, 7) is 0. The molecule has 2 fully saturated rings. The molecule has 2 nitrogen and oxygen atoms in total. The summed E-state index contributed by atoms with van der Waals surface area (Å²) in [6.07, 6.45) is 8.42. The zero-order chi connectivity index (χ0) is 9.50. The summed E-state index contributed by atoms with van der Waals surface area (Å²) >= 11 is 0. The lowest BCUT2D eigenvalue weighted by Gasteiger charge is -2.19. The molecule has 0 aliphatic heterocycles. The minimum atomic E-state index is 0.0903. The first-order chi connectivity index (χ1) is 6.74. The van der Waals surface area contributed by atoms with Gasteiger partial charge in [0.15, 0.2) is 5.78 Å². The number of aliphatic hydroxyl groups excluding tert-OH is 1. The van der Waals surface area contributed by atoms with E-state index in [1.165, 1.54) is 18.9 Å². The van der Waals surface area contributed by atoms with Crippen molar-refractivity contribution in [2.45, 2.75) is 12.8 Å². The Morgan fingerprint density at radius 3 is 2.43 bits per heavy atom. The van der Waals surface area contributed by atoms with Crippen LogP contribution in [0, 0.1) is 29.1 Å². The fraction of sp³-hybridized carbons (Fsp3) is 0.583. The maximum atomic E-state index is 11.7. The minimum absolute atomic E-state index is 0.0903. The number of allylic oxidation sites excluding steroid dienone is 4. The fourth-order valence-corrected chi connectivity index (χ4v) is 4.12. The van der Waals surface area contributed by atoms with Crippen LogP contribution >= 0.6 is 0 Å². The van der Waals surface area contributed by atoms with Crippen LogP contribution in [0.3, 0.4) is 0 Å². The van der Waals surface area contributed by atoms with E-state index in [-0.39, 0.29) is 17.6 Å². The molecule has 4 atom stereocenters. The van der Waals surface area contributed by atoms with E-state index in [1.807, 2.05) is 0 Å². The second kappa shape index (κ2) is 1.83. The molecule has 0 aromatic carbocycles. The average molecular weight is 188 g/mol. The molecule has 72 valence electrons. The van der Waals surface area contributed by atoms with Crippen molar-refractivity contribution in [3.05, 3.63) is 24.0 Å². The Hall–Kier alpha value is -1.05. The van der Waals surface area contributed by atoms with Gasteiger partial charge in [0.05, 0.1) is 0 Å². The Morgan fingerprint density at radius 2 is 1.86 bits per heavy atom. The molecule has 4 aliphatic carbocycles. The van der Waals surface area contributed by atoms with Crippen molar-refractivity contribution in [1.29, 1.82) is 0 Å². The van der Waals surface area contributed by atoms with Crippen LogP contribution in [0.4, 0.5) is 0 Å². The first-order valence-electron chi connectivity index (χ1n) is 5.37. The van der Waals surface area contributed by atoms with Crippen molar-refractivity contribution < 1.29 is 9.90 Å². The van der Waals surface area contributed by atoms with Crippen molar-refractivity contribution in [3.8, 4) is 0 Å². The number of rotatable bonds is 0. The van der Waals surface area contributed by atoms with Crippen molar-refractivity contribution in [3.63, 3.8) is 0 Å². The van der Waals surface area contributed by atoms with Gasteiger partial charge >= 0.3 is 0 Å². The third-order valence-corrected chi connectivity index (χ3v) is 4.80. The number of carbonyl (C=O) groups is 1. The van der Waals surface area contributed by atoms with Gasteiger partial charge < -0.3 is 5.11 Å². The smallest absolute Gasteiger partial charge is 0.163 e. The highest BCUT2D eigenvalue weighted by Gasteiger charge is 2.70. The van der Waals surface area contributed by atoms with E-state index in [0.29, 0.717) is 23.0 Å². The summed E-state index contributed by atoms with van der Waals surface area (Å²) in [6, 6.07) is 0. The molecule has 2 bridgehead atoms. The molecule has 0 aromatic rings. The number of ketones is 1. The Morgan fingerprint density at radius 1 is 1.21 bits per heavy atom. The van der Waals surface area contributed by atoms with Crippen molar-refractivity contribution >= 4 is 5.78 Å². The number of aliphatic hydroxyl groups is 1. The molecule has 2 heteroatoms. The van der Waals surface area contributed by atoms with Crippen LogP contribution in [0.5, 0.6) is 0 Å². The van der Waals surface area contributed by atoms with E-state index < -0.39 is 0 Å². The molecule has 0 saturated heterocycles. The van der Waals surface area contributed by atoms with Gasteiger partial charge in [-0.25, -0.2) is 0 Å². The van der Waals surface area contributed by atoms with Crippen molar-refractivity contribution in [2.24, 2.45) is 29.1 Å². The Labute approximate surface area is 82.3 Å². The van der Waals surface area contributed by atoms with Gasteiger partial charge in [0, 0.05) is 17.9 Å². The largest absolute Gasteiger partial charge is 0.512 e. The topological polar surface area (TPSA) is 37.3 Å². The normalized spacial score (nSPS) is 50.0. The lowest BCUT2D eigenvalue weighted by Crippen LogP contribution is -2.21. The Kier molecular flexibility index (Phi) is 0.952. The number of fused-ring (bicyclic) bond motifs is 3. The molecule has 4 unspecified atom stereocenters. The summed E-state index contributed by atoms with van der Waals surface area (Å²) in [5.74, 6) is 1.64. The summed E-state index contributed by atoms with van der Waals surface area (Å²) in [5, 5.41) is 9.76. The predicted octanol–water partition coefficient (Wildman–Crippen LogP) is 1.84. The minimum Gasteiger partial charge on any atom is -0.512 e. The monoisotopic (exact) mass is 188 g/mol. The molecule has 1 N–H and O–H groups in total. The summed E-state index contributed by atoms with van der Waals surface area (Å²) in [4.78, 5) is 11.7. The molecule has 0 heterocycles. The van der Waals surface area contributed by atoms with Gasteiger partial charge in [0.25, 0.3) is 0 Å². The van der Waals surface area contributed by atoms with Crippen LogP contribution < -0.4 is 0 Å². The maximum Gasteiger partial charge on any atom is 0.163 e. The molecular weight excluding hydrogens is 176 g/mol. The molecular formula is C12H12O2. The summed E-state index contributed by atoms with van der Waals surface area (Å²) < 4.78 is 0. The van der Waals surface area contributed by atoms with Crippen molar-refractivity contribution in [1.82, 2.24) is 0 Å². The third kappa shape index (κ3) is 0.537. The van der Waals surface area contributed by atoms with E-state index in [9.17, 15) is 9.90 Å². The third-order valence-electron chi connectivity index (χ3n) is 4.80.